The molecule has 2 aliphatic carbocycles. The highest BCUT2D eigenvalue weighted by molar-refractivity contribution is 6.20. The van der Waals surface area contributed by atoms with Crippen LogP contribution < -0.4 is 0 Å². The number of rotatable bonds is 0. The van der Waals surface area contributed by atoms with Gasteiger partial charge in [-0.05, 0) is 75.5 Å². The molecule has 0 unspecified atom stereocenters. The number of benzene rings is 3. The molecule has 0 radical (unpaired) electrons. The molecular weight excluding hydrogens is 428 g/mol. The molecule has 0 amide bonds. The summed E-state index contributed by atoms with van der Waals surface area (Å²) in [4.78, 5) is 14.1. The van der Waals surface area contributed by atoms with E-state index in [1.165, 1.54) is 49.9 Å². The second-order valence-corrected chi connectivity index (χ2v) is 9.67. The lowest BCUT2D eigenvalue weighted by Gasteiger charge is -2.13. The monoisotopic (exact) mass is 446 g/mol. The molecule has 0 saturated heterocycles. The summed E-state index contributed by atoms with van der Waals surface area (Å²) in [5.41, 5.74) is 15.1. The number of fused-ring (bicyclic) bond motifs is 16. The number of imidazole rings is 1. The standard InChI is InChI=1S/C31H18N4/c1-2-5-20-17(4-1)14-18-7-9-21-23(27(18)20)15-19-8-10-22-29(28(19)21)24-16-32-13-11-25(24)35-26-6-3-12-33-30(26)34-31(22)35/h1-13,16H,14-15H2. The molecule has 7 aromatic rings. The quantitative estimate of drug-likeness (QED) is 0.243. The topological polar surface area (TPSA) is 43.1 Å². The summed E-state index contributed by atoms with van der Waals surface area (Å²) in [6.45, 7) is 0. The summed E-state index contributed by atoms with van der Waals surface area (Å²) in [6, 6.07) is 24.3. The smallest absolute Gasteiger partial charge is 0.178 e. The van der Waals surface area contributed by atoms with E-state index in [0.29, 0.717) is 0 Å². The van der Waals surface area contributed by atoms with E-state index in [9.17, 15) is 0 Å². The molecule has 2 aliphatic rings. The Hall–Kier alpha value is -4.57. The highest BCUT2D eigenvalue weighted by Crippen LogP contribution is 2.50. The van der Waals surface area contributed by atoms with Gasteiger partial charge in [0.1, 0.15) is 5.65 Å². The lowest BCUT2D eigenvalue weighted by molar-refractivity contribution is 1.23. The molecule has 0 bridgehead atoms. The fraction of sp³-hybridized carbons (Fsp3) is 0.0645. The third kappa shape index (κ3) is 2.11. The van der Waals surface area contributed by atoms with Gasteiger partial charge in [0.05, 0.1) is 11.0 Å². The molecule has 0 N–H and O–H groups in total. The summed E-state index contributed by atoms with van der Waals surface area (Å²) in [6.07, 6.45) is 7.68. The Morgan fingerprint density at radius 3 is 2.57 bits per heavy atom. The number of hydrogen-bond acceptors (Lipinski definition) is 3. The van der Waals surface area contributed by atoms with Gasteiger partial charge in [-0.15, -0.1) is 0 Å². The first kappa shape index (κ1) is 17.8. The number of aromatic nitrogens is 4. The van der Waals surface area contributed by atoms with Gasteiger partial charge < -0.3 is 0 Å². The molecule has 0 saturated carbocycles. The van der Waals surface area contributed by atoms with E-state index in [1.807, 2.05) is 24.7 Å². The normalized spacial score (nSPS) is 13.5. The van der Waals surface area contributed by atoms with E-state index in [-0.39, 0.29) is 0 Å². The Balaban J connectivity index is 1.47. The van der Waals surface area contributed by atoms with Crippen molar-refractivity contribution in [1.82, 2.24) is 19.4 Å². The van der Waals surface area contributed by atoms with Gasteiger partial charge >= 0.3 is 0 Å². The first-order valence-corrected chi connectivity index (χ1v) is 12.0. The van der Waals surface area contributed by atoms with Gasteiger partial charge in [0, 0.05) is 34.7 Å². The molecular formula is C31H18N4. The maximum absolute atomic E-state index is 4.99. The zero-order valence-corrected chi connectivity index (χ0v) is 18.8. The van der Waals surface area contributed by atoms with Crippen LogP contribution in [0.1, 0.15) is 22.3 Å². The highest BCUT2D eigenvalue weighted by atomic mass is 15.1. The first-order valence-electron chi connectivity index (χ1n) is 12.0. The van der Waals surface area contributed by atoms with Crippen molar-refractivity contribution in [3.05, 3.63) is 108 Å². The van der Waals surface area contributed by atoms with Crippen molar-refractivity contribution in [2.24, 2.45) is 0 Å². The van der Waals surface area contributed by atoms with Gasteiger partial charge in [-0.25, -0.2) is 9.97 Å². The lowest BCUT2D eigenvalue weighted by Crippen LogP contribution is -1.94. The Morgan fingerprint density at radius 1 is 0.657 bits per heavy atom. The largest absolute Gasteiger partial charge is 0.290 e. The van der Waals surface area contributed by atoms with Crippen LogP contribution in [-0.2, 0) is 12.8 Å². The Morgan fingerprint density at radius 2 is 1.57 bits per heavy atom. The summed E-state index contributed by atoms with van der Waals surface area (Å²) in [7, 11) is 0. The fourth-order valence-electron chi connectivity index (χ4n) is 6.59. The van der Waals surface area contributed by atoms with Crippen LogP contribution in [0.25, 0.3) is 60.7 Å². The van der Waals surface area contributed by atoms with Gasteiger partial charge in [0.25, 0.3) is 0 Å². The van der Waals surface area contributed by atoms with Crippen LogP contribution in [0.3, 0.4) is 0 Å². The summed E-state index contributed by atoms with van der Waals surface area (Å²) < 4.78 is 2.24. The van der Waals surface area contributed by atoms with Crippen molar-refractivity contribution in [2.45, 2.75) is 12.8 Å². The highest BCUT2D eigenvalue weighted by Gasteiger charge is 2.30. The van der Waals surface area contributed by atoms with E-state index in [0.717, 1.165) is 45.9 Å². The van der Waals surface area contributed by atoms with E-state index >= 15 is 0 Å². The van der Waals surface area contributed by atoms with Crippen LogP contribution in [0, 0.1) is 0 Å². The maximum atomic E-state index is 4.99. The van der Waals surface area contributed by atoms with Gasteiger partial charge in [-0.2, -0.15) is 0 Å². The first-order chi connectivity index (χ1) is 17.4. The predicted octanol–water partition coefficient (Wildman–Crippen LogP) is 6.73. The maximum Gasteiger partial charge on any atom is 0.178 e. The molecule has 4 heterocycles. The van der Waals surface area contributed by atoms with Crippen molar-refractivity contribution >= 4 is 38.5 Å². The second kappa shape index (κ2) is 6.10. The van der Waals surface area contributed by atoms with Crippen LogP contribution in [-0.4, -0.2) is 19.4 Å². The summed E-state index contributed by atoms with van der Waals surface area (Å²) >= 11 is 0. The average molecular weight is 447 g/mol. The van der Waals surface area contributed by atoms with Crippen LogP contribution >= 0.6 is 0 Å². The van der Waals surface area contributed by atoms with Crippen LogP contribution in [0.4, 0.5) is 0 Å². The van der Waals surface area contributed by atoms with E-state index in [1.54, 1.807) is 0 Å². The molecule has 0 aliphatic heterocycles. The van der Waals surface area contributed by atoms with E-state index in [4.69, 9.17) is 4.98 Å². The molecule has 0 spiro atoms. The van der Waals surface area contributed by atoms with Crippen molar-refractivity contribution in [3.63, 3.8) is 0 Å². The molecule has 162 valence electrons. The third-order valence-corrected chi connectivity index (χ3v) is 7.97. The minimum absolute atomic E-state index is 0.772. The SMILES string of the molecule is c1ccc2c(c1)Cc1ccc3c(c1-2)Cc1ccc2c(c1-3)c1cnccc1n1c3cccnc3nc21. The average Bonchev–Trinajstić information content (AvgIpc) is 3.59. The van der Waals surface area contributed by atoms with Crippen LogP contribution in [0.5, 0.6) is 0 Å². The molecule has 9 rings (SSSR count). The molecule has 0 fully saturated rings. The Bertz CT molecular complexity index is 2070. The second-order valence-electron chi connectivity index (χ2n) is 9.67. The minimum Gasteiger partial charge on any atom is -0.290 e. The van der Waals surface area contributed by atoms with Gasteiger partial charge in [-0.3, -0.25) is 9.38 Å². The van der Waals surface area contributed by atoms with E-state index < -0.39 is 0 Å². The number of pyridine rings is 3. The van der Waals surface area contributed by atoms with Crippen molar-refractivity contribution < 1.29 is 0 Å². The van der Waals surface area contributed by atoms with Crippen LogP contribution in [0.2, 0.25) is 0 Å². The van der Waals surface area contributed by atoms with Gasteiger partial charge in [-0.1, -0.05) is 48.5 Å². The van der Waals surface area contributed by atoms with Crippen molar-refractivity contribution in [1.29, 1.82) is 0 Å². The molecule has 0 atom stereocenters. The Kier molecular flexibility index (Phi) is 3.11. The zero-order chi connectivity index (χ0) is 22.7. The lowest BCUT2D eigenvalue weighted by atomic mass is 9.93. The molecule has 4 heteroatoms. The van der Waals surface area contributed by atoms with Crippen LogP contribution in [0.15, 0.2) is 85.3 Å². The molecule has 3 aromatic carbocycles. The molecule has 4 aromatic heterocycles. The number of hydrogen-bond donors (Lipinski definition) is 0. The van der Waals surface area contributed by atoms with Gasteiger partial charge in [0.15, 0.2) is 5.65 Å². The van der Waals surface area contributed by atoms with Crippen molar-refractivity contribution in [2.75, 3.05) is 0 Å². The predicted molar refractivity (Wildman–Crippen MR) is 140 cm³/mol. The third-order valence-electron chi connectivity index (χ3n) is 7.97. The zero-order valence-electron chi connectivity index (χ0n) is 18.8. The van der Waals surface area contributed by atoms with Crippen molar-refractivity contribution in [3.8, 4) is 22.3 Å². The Labute approximate surface area is 200 Å². The minimum atomic E-state index is 0.772. The molecule has 4 nitrogen and oxygen atoms in total. The molecule has 35 heavy (non-hydrogen) atoms. The van der Waals surface area contributed by atoms with Gasteiger partial charge in [0.2, 0.25) is 0 Å². The summed E-state index contributed by atoms with van der Waals surface area (Å²) in [5.74, 6) is 0. The fourth-order valence-corrected chi connectivity index (χ4v) is 6.59. The summed E-state index contributed by atoms with van der Waals surface area (Å²) in [5, 5.41) is 3.55. The van der Waals surface area contributed by atoms with E-state index in [2.05, 4.69) is 75.0 Å². The number of nitrogens with zero attached hydrogens (tertiary/aromatic N) is 4.